The number of hydrogen-bond donors (Lipinski definition) is 2. The minimum atomic E-state index is -0.364. The van der Waals surface area contributed by atoms with E-state index in [9.17, 15) is 4.39 Å². The SMILES string of the molecule is Nc1cc(CCc2ncc[nH]2)ccc1F. The van der Waals surface area contributed by atoms with Gasteiger partial charge in [0, 0.05) is 18.8 Å². The molecule has 15 heavy (non-hydrogen) atoms. The van der Waals surface area contributed by atoms with E-state index in [1.54, 1.807) is 24.5 Å². The summed E-state index contributed by atoms with van der Waals surface area (Å²) in [6.45, 7) is 0. The molecule has 0 unspecified atom stereocenters. The van der Waals surface area contributed by atoms with Gasteiger partial charge in [0.1, 0.15) is 11.6 Å². The molecule has 3 nitrogen and oxygen atoms in total. The first-order valence-corrected chi connectivity index (χ1v) is 4.78. The Labute approximate surface area is 87.2 Å². The molecule has 0 fully saturated rings. The number of nitrogens with zero attached hydrogens (tertiary/aromatic N) is 1. The summed E-state index contributed by atoms with van der Waals surface area (Å²) in [7, 11) is 0. The van der Waals surface area contributed by atoms with Gasteiger partial charge < -0.3 is 10.7 Å². The molecule has 1 aromatic heterocycles. The van der Waals surface area contributed by atoms with Crippen LogP contribution in [0.5, 0.6) is 0 Å². The first-order valence-electron chi connectivity index (χ1n) is 4.78. The molecular weight excluding hydrogens is 193 g/mol. The summed E-state index contributed by atoms with van der Waals surface area (Å²) in [4.78, 5) is 7.13. The van der Waals surface area contributed by atoms with Gasteiger partial charge in [-0.05, 0) is 24.1 Å². The second kappa shape index (κ2) is 4.13. The number of nitrogen functional groups attached to an aromatic ring is 1. The number of nitrogens with two attached hydrogens (primary N) is 1. The lowest BCUT2D eigenvalue weighted by molar-refractivity contribution is 0.631. The molecule has 0 spiro atoms. The quantitative estimate of drug-likeness (QED) is 0.752. The highest BCUT2D eigenvalue weighted by Crippen LogP contribution is 2.13. The van der Waals surface area contributed by atoms with Crippen molar-refractivity contribution in [3.05, 3.63) is 47.8 Å². The van der Waals surface area contributed by atoms with Gasteiger partial charge in [0.15, 0.2) is 0 Å². The normalized spacial score (nSPS) is 10.5. The second-order valence-corrected chi connectivity index (χ2v) is 3.39. The van der Waals surface area contributed by atoms with E-state index < -0.39 is 0 Å². The van der Waals surface area contributed by atoms with Gasteiger partial charge in [0.05, 0.1) is 5.69 Å². The molecule has 0 aliphatic carbocycles. The summed E-state index contributed by atoms with van der Waals surface area (Å²) in [6.07, 6.45) is 5.11. The lowest BCUT2D eigenvalue weighted by atomic mass is 10.1. The van der Waals surface area contributed by atoms with Crippen LogP contribution in [0.4, 0.5) is 10.1 Å². The zero-order valence-corrected chi connectivity index (χ0v) is 8.20. The third kappa shape index (κ3) is 2.34. The van der Waals surface area contributed by atoms with Gasteiger partial charge in [-0.3, -0.25) is 0 Å². The van der Waals surface area contributed by atoms with Crippen LogP contribution in [0.2, 0.25) is 0 Å². The highest BCUT2D eigenvalue weighted by molar-refractivity contribution is 5.42. The molecule has 0 radical (unpaired) electrons. The summed E-state index contributed by atoms with van der Waals surface area (Å²) in [5.41, 5.74) is 6.69. The van der Waals surface area contributed by atoms with Crippen LogP contribution in [0.25, 0.3) is 0 Å². The molecule has 0 saturated carbocycles. The highest BCUT2D eigenvalue weighted by Gasteiger charge is 2.01. The zero-order chi connectivity index (χ0) is 10.7. The van der Waals surface area contributed by atoms with Gasteiger partial charge in [-0.15, -0.1) is 0 Å². The third-order valence-corrected chi connectivity index (χ3v) is 2.27. The van der Waals surface area contributed by atoms with Crippen LogP contribution in [0, 0.1) is 5.82 Å². The minimum Gasteiger partial charge on any atom is -0.396 e. The Morgan fingerprint density at radius 1 is 1.33 bits per heavy atom. The number of imidazole rings is 1. The fourth-order valence-corrected chi connectivity index (χ4v) is 1.45. The van der Waals surface area contributed by atoms with Crippen LogP contribution in [-0.4, -0.2) is 9.97 Å². The standard InChI is InChI=1S/C11H12FN3/c12-9-3-1-8(7-10(9)13)2-4-11-14-5-6-15-11/h1,3,5-7H,2,4,13H2,(H,14,15). The minimum absolute atomic E-state index is 0.201. The van der Waals surface area contributed by atoms with Gasteiger partial charge in [0.25, 0.3) is 0 Å². The summed E-state index contributed by atoms with van der Waals surface area (Å²) in [5.74, 6) is 0.564. The molecule has 1 aromatic carbocycles. The number of nitrogens with one attached hydrogen (secondary N) is 1. The number of aryl methyl sites for hydroxylation is 2. The van der Waals surface area contributed by atoms with Gasteiger partial charge in [-0.25, -0.2) is 9.37 Å². The van der Waals surface area contributed by atoms with Gasteiger partial charge in [0.2, 0.25) is 0 Å². The van der Waals surface area contributed by atoms with E-state index in [4.69, 9.17) is 5.73 Å². The topological polar surface area (TPSA) is 54.7 Å². The lowest BCUT2D eigenvalue weighted by Crippen LogP contribution is -1.96. The number of halogens is 1. The van der Waals surface area contributed by atoms with Crippen molar-refractivity contribution in [2.24, 2.45) is 0 Å². The first-order chi connectivity index (χ1) is 7.25. The van der Waals surface area contributed by atoms with E-state index in [-0.39, 0.29) is 11.5 Å². The van der Waals surface area contributed by atoms with Gasteiger partial charge in [-0.2, -0.15) is 0 Å². The molecule has 0 atom stereocenters. The summed E-state index contributed by atoms with van der Waals surface area (Å²) in [6, 6.07) is 4.81. The Bertz CT molecular complexity index is 437. The predicted molar refractivity (Wildman–Crippen MR) is 56.8 cm³/mol. The molecule has 0 bridgehead atoms. The fraction of sp³-hybridized carbons (Fsp3) is 0.182. The molecule has 0 amide bonds. The molecule has 0 aliphatic heterocycles. The van der Waals surface area contributed by atoms with Crippen LogP contribution < -0.4 is 5.73 Å². The van der Waals surface area contributed by atoms with Crippen LogP contribution >= 0.6 is 0 Å². The van der Waals surface area contributed by atoms with Crippen molar-refractivity contribution in [3.8, 4) is 0 Å². The monoisotopic (exact) mass is 205 g/mol. The van der Waals surface area contributed by atoms with Crippen molar-refractivity contribution in [3.63, 3.8) is 0 Å². The lowest BCUT2D eigenvalue weighted by Gasteiger charge is -2.02. The van der Waals surface area contributed by atoms with Crippen molar-refractivity contribution in [2.45, 2.75) is 12.8 Å². The van der Waals surface area contributed by atoms with Crippen molar-refractivity contribution in [1.82, 2.24) is 9.97 Å². The maximum atomic E-state index is 12.9. The molecule has 2 aromatic rings. The van der Waals surface area contributed by atoms with E-state index in [1.165, 1.54) is 6.07 Å². The number of H-pyrrole nitrogens is 1. The summed E-state index contributed by atoms with van der Waals surface area (Å²) in [5, 5.41) is 0. The van der Waals surface area contributed by atoms with Crippen molar-refractivity contribution in [1.29, 1.82) is 0 Å². The van der Waals surface area contributed by atoms with Crippen LogP contribution in [-0.2, 0) is 12.8 Å². The number of aromatic amines is 1. The average Bonchev–Trinajstić information content (AvgIpc) is 2.73. The molecule has 2 rings (SSSR count). The molecule has 78 valence electrons. The third-order valence-electron chi connectivity index (χ3n) is 2.27. The highest BCUT2D eigenvalue weighted by atomic mass is 19.1. The Morgan fingerprint density at radius 3 is 2.87 bits per heavy atom. The summed E-state index contributed by atoms with van der Waals surface area (Å²) >= 11 is 0. The van der Waals surface area contributed by atoms with Crippen molar-refractivity contribution >= 4 is 5.69 Å². The molecule has 4 heteroatoms. The van der Waals surface area contributed by atoms with E-state index in [0.29, 0.717) is 0 Å². The maximum absolute atomic E-state index is 12.9. The molecule has 0 aliphatic rings. The number of benzene rings is 1. The molecule has 1 heterocycles. The number of anilines is 1. The van der Waals surface area contributed by atoms with Gasteiger partial charge >= 0.3 is 0 Å². The summed E-state index contributed by atoms with van der Waals surface area (Å²) < 4.78 is 12.9. The van der Waals surface area contributed by atoms with Crippen LogP contribution in [0.3, 0.4) is 0 Å². The Kier molecular flexibility index (Phi) is 2.67. The number of hydrogen-bond acceptors (Lipinski definition) is 2. The van der Waals surface area contributed by atoms with Crippen LogP contribution in [0.1, 0.15) is 11.4 Å². The molecular formula is C11H12FN3. The fourth-order valence-electron chi connectivity index (χ4n) is 1.45. The average molecular weight is 205 g/mol. The van der Waals surface area contributed by atoms with E-state index in [1.807, 2.05) is 0 Å². The number of aromatic nitrogens is 2. The van der Waals surface area contributed by atoms with E-state index in [2.05, 4.69) is 9.97 Å². The Morgan fingerprint density at radius 2 is 2.20 bits per heavy atom. The van der Waals surface area contributed by atoms with E-state index in [0.717, 1.165) is 24.2 Å². The van der Waals surface area contributed by atoms with Crippen molar-refractivity contribution < 1.29 is 4.39 Å². The smallest absolute Gasteiger partial charge is 0.146 e. The second-order valence-electron chi connectivity index (χ2n) is 3.39. The van der Waals surface area contributed by atoms with Crippen molar-refractivity contribution in [2.75, 3.05) is 5.73 Å². The van der Waals surface area contributed by atoms with Gasteiger partial charge in [-0.1, -0.05) is 6.07 Å². The number of rotatable bonds is 3. The Balaban J connectivity index is 2.02. The maximum Gasteiger partial charge on any atom is 0.146 e. The zero-order valence-electron chi connectivity index (χ0n) is 8.20. The van der Waals surface area contributed by atoms with E-state index >= 15 is 0 Å². The molecule has 0 saturated heterocycles. The predicted octanol–water partition coefficient (Wildman–Crippen LogP) is 1.92. The largest absolute Gasteiger partial charge is 0.396 e. The molecule has 3 N–H and O–H groups in total. The first kappa shape index (κ1) is 9.71. The van der Waals surface area contributed by atoms with Crippen LogP contribution in [0.15, 0.2) is 30.6 Å². The Hall–Kier alpha value is -1.84.